The molecule has 0 saturated carbocycles. The number of fused-ring (bicyclic) bond motifs is 1. The molecule has 2 aromatic rings. The number of aliphatic hydroxyl groups excluding tert-OH is 2. The van der Waals surface area contributed by atoms with Crippen molar-refractivity contribution in [3.05, 3.63) is 30.6 Å². The summed E-state index contributed by atoms with van der Waals surface area (Å²) in [6.45, 7) is 5.63. The number of aliphatic hydroxyl groups is 2. The van der Waals surface area contributed by atoms with Crippen molar-refractivity contribution in [3.63, 3.8) is 0 Å². The molecule has 1 saturated heterocycles. The standard InChI is InChI=1S/C18H27N3O2/c1-2-8-18(13-22)12-20(9-7-17(18)23)10-11-21-14-19-15-5-3-4-6-16(15)21/h3-6,14,17,22-23H,2,7-13H2,1H3/t17-,18-/m0/s1. The third-order valence-electron chi connectivity index (χ3n) is 5.21. The number of nitrogens with zero attached hydrogens (tertiary/aromatic N) is 3. The third kappa shape index (κ3) is 3.27. The van der Waals surface area contributed by atoms with Crippen LogP contribution in [-0.4, -0.2) is 57.0 Å². The Morgan fingerprint density at radius 3 is 2.91 bits per heavy atom. The smallest absolute Gasteiger partial charge is 0.0958 e. The summed E-state index contributed by atoms with van der Waals surface area (Å²) in [5, 5.41) is 20.2. The Morgan fingerprint density at radius 2 is 2.13 bits per heavy atom. The number of likely N-dealkylation sites (tertiary alicyclic amines) is 1. The van der Waals surface area contributed by atoms with Gasteiger partial charge in [-0.05, 0) is 25.0 Å². The van der Waals surface area contributed by atoms with E-state index in [0.29, 0.717) is 0 Å². The highest BCUT2D eigenvalue weighted by Gasteiger charge is 2.41. The molecule has 1 aliphatic heterocycles. The van der Waals surface area contributed by atoms with Gasteiger partial charge in [-0.15, -0.1) is 0 Å². The SMILES string of the molecule is CCC[C@@]1(CO)CN(CCn2cnc3ccccc32)CC[C@@H]1O. The molecule has 0 unspecified atom stereocenters. The van der Waals surface area contributed by atoms with Crippen LogP contribution in [0.25, 0.3) is 11.0 Å². The molecule has 0 bridgehead atoms. The van der Waals surface area contributed by atoms with E-state index in [0.717, 1.165) is 56.5 Å². The van der Waals surface area contributed by atoms with Crippen LogP contribution >= 0.6 is 0 Å². The first-order chi connectivity index (χ1) is 11.2. The van der Waals surface area contributed by atoms with Gasteiger partial charge in [0.05, 0.1) is 30.1 Å². The van der Waals surface area contributed by atoms with E-state index in [4.69, 9.17) is 0 Å². The van der Waals surface area contributed by atoms with Crippen molar-refractivity contribution in [1.29, 1.82) is 0 Å². The van der Waals surface area contributed by atoms with Crippen molar-refractivity contribution in [3.8, 4) is 0 Å². The second-order valence-electron chi connectivity index (χ2n) is 6.78. The fraction of sp³-hybridized carbons (Fsp3) is 0.611. The van der Waals surface area contributed by atoms with E-state index >= 15 is 0 Å². The number of hydrogen-bond donors (Lipinski definition) is 2. The molecule has 2 N–H and O–H groups in total. The minimum atomic E-state index is -0.391. The van der Waals surface area contributed by atoms with E-state index in [2.05, 4.69) is 27.4 Å². The molecule has 1 aromatic carbocycles. The van der Waals surface area contributed by atoms with Crippen LogP contribution in [-0.2, 0) is 6.54 Å². The van der Waals surface area contributed by atoms with Crippen LogP contribution < -0.4 is 0 Å². The fourth-order valence-corrected chi connectivity index (χ4v) is 3.85. The van der Waals surface area contributed by atoms with Gasteiger partial charge in [0.2, 0.25) is 0 Å². The lowest BCUT2D eigenvalue weighted by Crippen LogP contribution is -2.54. The Morgan fingerprint density at radius 1 is 1.30 bits per heavy atom. The van der Waals surface area contributed by atoms with Gasteiger partial charge in [-0.3, -0.25) is 0 Å². The number of para-hydroxylation sites is 2. The Labute approximate surface area is 137 Å². The molecule has 0 aliphatic carbocycles. The molecule has 1 aliphatic rings. The molecule has 1 aromatic heterocycles. The minimum absolute atomic E-state index is 0.0620. The second kappa shape index (κ2) is 6.99. The van der Waals surface area contributed by atoms with Crippen LogP contribution in [0.15, 0.2) is 30.6 Å². The van der Waals surface area contributed by atoms with E-state index in [-0.39, 0.29) is 12.0 Å². The molecular weight excluding hydrogens is 290 g/mol. The van der Waals surface area contributed by atoms with Crippen molar-refractivity contribution in [2.24, 2.45) is 5.41 Å². The average Bonchev–Trinajstić information content (AvgIpc) is 2.99. The quantitative estimate of drug-likeness (QED) is 0.854. The third-order valence-corrected chi connectivity index (χ3v) is 5.21. The van der Waals surface area contributed by atoms with Gasteiger partial charge in [-0.2, -0.15) is 0 Å². The predicted molar refractivity (Wildman–Crippen MR) is 91.2 cm³/mol. The molecule has 5 heteroatoms. The maximum atomic E-state index is 10.4. The van der Waals surface area contributed by atoms with E-state index in [9.17, 15) is 10.2 Å². The van der Waals surface area contributed by atoms with Gasteiger partial charge in [0, 0.05) is 31.6 Å². The summed E-state index contributed by atoms with van der Waals surface area (Å²) in [6.07, 6.45) is 4.10. The Hall–Kier alpha value is -1.43. The number of aromatic nitrogens is 2. The number of rotatable bonds is 6. The maximum absolute atomic E-state index is 10.4. The van der Waals surface area contributed by atoms with Crippen molar-refractivity contribution < 1.29 is 10.2 Å². The van der Waals surface area contributed by atoms with Crippen LogP contribution in [0, 0.1) is 5.41 Å². The average molecular weight is 317 g/mol. The second-order valence-corrected chi connectivity index (χ2v) is 6.78. The highest BCUT2D eigenvalue weighted by atomic mass is 16.3. The van der Waals surface area contributed by atoms with Crippen molar-refractivity contribution in [2.75, 3.05) is 26.2 Å². The van der Waals surface area contributed by atoms with Crippen LogP contribution in [0.5, 0.6) is 0 Å². The highest BCUT2D eigenvalue weighted by Crippen LogP contribution is 2.34. The van der Waals surface area contributed by atoms with Gasteiger partial charge >= 0.3 is 0 Å². The number of benzene rings is 1. The van der Waals surface area contributed by atoms with Gasteiger partial charge in [-0.25, -0.2) is 4.98 Å². The van der Waals surface area contributed by atoms with Crippen LogP contribution in [0.2, 0.25) is 0 Å². The van der Waals surface area contributed by atoms with E-state index in [1.54, 1.807) is 0 Å². The molecule has 126 valence electrons. The molecule has 23 heavy (non-hydrogen) atoms. The van der Waals surface area contributed by atoms with Crippen molar-refractivity contribution in [1.82, 2.24) is 14.5 Å². The Kier molecular flexibility index (Phi) is 4.99. The lowest BCUT2D eigenvalue weighted by atomic mass is 9.74. The summed E-state index contributed by atoms with van der Waals surface area (Å²) >= 11 is 0. The van der Waals surface area contributed by atoms with E-state index < -0.39 is 6.10 Å². The van der Waals surface area contributed by atoms with Gasteiger partial charge in [0.15, 0.2) is 0 Å². The van der Waals surface area contributed by atoms with Crippen molar-refractivity contribution in [2.45, 2.75) is 38.8 Å². The lowest BCUT2D eigenvalue weighted by Gasteiger charge is -2.45. The van der Waals surface area contributed by atoms with Crippen molar-refractivity contribution >= 4 is 11.0 Å². The molecule has 3 rings (SSSR count). The van der Waals surface area contributed by atoms with Crippen LogP contribution in [0.4, 0.5) is 0 Å². The Bertz CT molecular complexity index is 642. The lowest BCUT2D eigenvalue weighted by molar-refractivity contribution is -0.0803. The first kappa shape index (κ1) is 16.4. The molecule has 0 radical (unpaired) electrons. The molecule has 0 spiro atoms. The summed E-state index contributed by atoms with van der Waals surface area (Å²) in [5.41, 5.74) is 1.83. The summed E-state index contributed by atoms with van der Waals surface area (Å²) in [4.78, 5) is 6.80. The first-order valence-corrected chi connectivity index (χ1v) is 8.59. The predicted octanol–water partition coefficient (Wildman–Crippen LogP) is 1.88. The summed E-state index contributed by atoms with van der Waals surface area (Å²) in [6, 6.07) is 8.17. The molecule has 1 fully saturated rings. The van der Waals surface area contributed by atoms with Gasteiger partial charge in [0.25, 0.3) is 0 Å². The van der Waals surface area contributed by atoms with Gasteiger partial charge in [0.1, 0.15) is 0 Å². The highest BCUT2D eigenvalue weighted by molar-refractivity contribution is 5.74. The normalized spacial score (nSPS) is 26.0. The zero-order valence-corrected chi connectivity index (χ0v) is 13.9. The van der Waals surface area contributed by atoms with E-state index in [1.165, 1.54) is 0 Å². The number of hydrogen-bond acceptors (Lipinski definition) is 4. The molecular formula is C18H27N3O2. The van der Waals surface area contributed by atoms with E-state index in [1.807, 2.05) is 24.5 Å². The molecule has 5 nitrogen and oxygen atoms in total. The topological polar surface area (TPSA) is 61.5 Å². The summed E-state index contributed by atoms with van der Waals surface area (Å²) in [5.74, 6) is 0. The summed E-state index contributed by atoms with van der Waals surface area (Å²) < 4.78 is 2.18. The van der Waals surface area contributed by atoms with Crippen LogP contribution in [0.1, 0.15) is 26.2 Å². The van der Waals surface area contributed by atoms with Gasteiger partial charge in [-0.1, -0.05) is 25.5 Å². The minimum Gasteiger partial charge on any atom is -0.396 e. The molecule has 2 heterocycles. The number of piperidine rings is 1. The van der Waals surface area contributed by atoms with Gasteiger partial charge < -0.3 is 19.7 Å². The maximum Gasteiger partial charge on any atom is 0.0958 e. The Balaban J connectivity index is 1.66. The number of imidazole rings is 1. The zero-order chi connectivity index (χ0) is 16.3. The fourth-order valence-electron chi connectivity index (χ4n) is 3.85. The zero-order valence-electron chi connectivity index (χ0n) is 13.9. The molecule has 2 atom stereocenters. The molecule has 0 amide bonds. The largest absolute Gasteiger partial charge is 0.396 e. The summed E-state index contributed by atoms with van der Waals surface area (Å²) in [7, 11) is 0. The monoisotopic (exact) mass is 317 g/mol. The van der Waals surface area contributed by atoms with Crippen LogP contribution in [0.3, 0.4) is 0 Å². The first-order valence-electron chi connectivity index (χ1n) is 8.59.